The topological polar surface area (TPSA) is 103 Å². The number of ether oxygens (including phenoxy) is 3. The van der Waals surface area contributed by atoms with E-state index in [1.807, 2.05) is 60.7 Å². The number of cyclic esters (lactones) is 2. The van der Waals surface area contributed by atoms with Gasteiger partial charge in [0.1, 0.15) is 0 Å². The van der Waals surface area contributed by atoms with E-state index in [1.165, 1.54) is 20.0 Å². The summed E-state index contributed by atoms with van der Waals surface area (Å²) in [4.78, 5) is 36.6. The van der Waals surface area contributed by atoms with E-state index in [-0.39, 0.29) is 12.1 Å². The van der Waals surface area contributed by atoms with Crippen LogP contribution < -0.4 is 10.6 Å². The van der Waals surface area contributed by atoms with Crippen LogP contribution in [0.4, 0.5) is 10.5 Å². The summed E-state index contributed by atoms with van der Waals surface area (Å²) in [6.45, 7) is 3.24. The smallest absolute Gasteiger partial charge is 0.408 e. The SMILES string of the molecule is CC1(C)OC(=O)C(=CNc2ccc(CNC(=O)OC3c4ccccc4-c4ccccc43)cc2)C(=O)O1. The average Bonchev–Trinajstić information content (AvgIpc) is 3.16. The van der Waals surface area contributed by atoms with E-state index in [0.29, 0.717) is 5.69 Å². The predicted octanol–water partition coefficient (Wildman–Crippen LogP) is 4.81. The molecule has 2 aliphatic rings. The fourth-order valence-electron chi connectivity index (χ4n) is 4.21. The van der Waals surface area contributed by atoms with Gasteiger partial charge in [0.05, 0.1) is 0 Å². The molecule has 1 aliphatic heterocycles. The molecular weight excluding hydrogens is 460 g/mol. The van der Waals surface area contributed by atoms with Crippen LogP contribution in [-0.4, -0.2) is 23.8 Å². The fourth-order valence-corrected chi connectivity index (χ4v) is 4.21. The molecule has 1 heterocycles. The molecule has 1 amide bonds. The van der Waals surface area contributed by atoms with E-state index in [0.717, 1.165) is 27.8 Å². The van der Waals surface area contributed by atoms with E-state index in [4.69, 9.17) is 14.2 Å². The Morgan fingerprint density at radius 1 is 0.889 bits per heavy atom. The Morgan fingerprint density at radius 3 is 2.03 bits per heavy atom. The van der Waals surface area contributed by atoms with Crippen molar-refractivity contribution in [3.8, 4) is 11.1 Å². The normalized spacial score (nSPS) is 15.8. The Morgan fingerprint density at radius 2 is 1.44 bits per heavy atom. The van der Waals surface area contributed by atoms with Crippen molar-refractivity contribution >= 4 is 23.7 Å². The maximum Gasteiger partial charge on any atom is 0.408 e. The zero-order chi connectivity index (χ0) is 25.3. The molecule has 8 nitrogen and oxygen atoms in total. The molecule has 36 heavy (non-hydrogen) atoms. The number of carbonyl (C=O) groups excluding carboxylic acids is 3. The first-order valence-electron chi connectivity index (χ1n) is 11.5. The highest BCUT2D eigenvalue weighted by molar-refractivity contribution is 6.15. The van der Waals surface area contributed by atoms with Gasteiger partial charge in [-0.3, -0.25) is 0 Å². The summed E-state index contributed by atoms with van der Waals surface area (Å²) in [5.74, 6) is -2.79. The summed E-state index contributed by atoms with van der Waals surface area (Å²) >= 11 is 0. The van der Waals surface area contributed by atoms with Gasteiger partial charge in [-0.1, -0.05) is 60.7 Å². The first-order chi connectivity index (χ1) is 17.3. The van der Waals surface area contributed by atoms with Gasteiger partial charge in [0.15, 0.2) is 11.7 Å². The number of amides is 1. The lowest BCUT2D eigenvalue weighted by Crippen LogP contribution is -2.42. The number of hydrogen-bond donors (Lipinski definition) is 2. The lowest BCUT2D eigenvalue weighted by molar-refractivity contribution is -0.222. The number of hydrogen-bond acceptors (Lipinski definition) is 7. The molecule has 0 bridgehead atoms. The van der Waals surface area contributed by atoms with Gasteiger partial charge in [-0.15, -0.1) is 0 Å². The first-order valence-corrected chi connectivity index (χ1v) is 11.5. The van der Waals surface area contributed by atoms with Crippen molar-refractivity contribution < 1.29 is 28.6 Å². The van der Waals surface area contributed by atoms with Crippen molar-refractivity contribution in [1.82, 2.24) is 5.32 Å². The van der Waals surface area contributed by atoms with Gasteiger partial charge in [0.2, 0.25) is 0 Å². The van der Waals surface area contributed by atoms with Crippen molar-refractivity contribution in [2.75, 3.05) is 5.32 Å². The van der Waals surface area contributed by atoms with Crippen molar-refractivity contribution in [3.05, 3.63) is 101 Å². The fraction of sp³-hybridized carbons (Fsp3) is 0.179. The third kappa shape index (κ3) is 4.65. The first kappa shape index (κ1) is 23.2. The van der Waals surface area contributed by atoms with E-state index in [9.17, 15) is 14.4 Å². The van der Waals surface area contributed by atoms with Crippen LogP contribution in [0.1, 0.15) is 36.6 Å². The van der Waals surface area contributed by atoms with Crippen molar-refractivity contribution in [2.24, 2.45) is 0 Å². The quantitative estimate of drug-likeness (QED) is 0.304. The second-order valence-electron chi connectivity index (χ2n) is 8.89. The molecule has 0 spiro atoms. The second-order valence-corrected chi connectivity index (χ2v) is 8.89. The maximum absolute atomic E-state index is 12.6. The van der Waals surface area contributed by atoms with Crippen LogP contribution in [0.3, 0.4) is 0 Å². The highest BCUT2D eigenvalue weighted by Gasteiger charge is 2.39. The summed E-state index contributed by atoms with van der Waals surface area (Å²) < 4.78 is 15.9. The summed E-state index contributed by atoms with van der Waals surface area (Å²) in [7, 11) is 0. The molecule has 5 rings (SSSR count). The van der Waals surface area contributed by atoms with Gasteiger partial charge in [0, 0.05) is 43.4 Å². The van der Waals surface area contributed by atoms with Crippen LogP contribution in [0.2, 0.25) is 0 Å². The average molecular weight is 485 g/mol. The van der Waals surface area contributed by atoms with Crippen LogP contribution >= 0.6 is 0 Å². The molecule has 0 saturated carbocycles. The highest BCUT2D eigenvalue weighted by atomic mass is 16.7. The summed E-state index contributed by atoms with van der Waals surface area (Å²) in [6.07, 6.45) is 0.276. The largest absolute Gasteiger partial charge is 0.436 e. The van der Waals surface area contributed by atoms with Gasteiger partial charge in [0.25, 0.3) is 5.79 Å². The number of alkyl carbamates (subject to hydrolysis) is 1. The molecule has 8 heteroatoms. The molecule has 0 radical (unpaired) electrons. The van der Waals surface area contributed by atoms with Crippen molar-refractivity contribution in [1.29, 1.82) is 0 Å². The Balaban J connectivity index is 1.18. The number of benzene rings is 3. The molecule has 3 aromatic rings. The van der Waals surface area contributed by atoms with E-state index in [1.54, 1.807) is 12.1 Å². The zero-order valence-electron chi connectivity index (χ0n) is 19.7. The van der Waals surface area contributed by atoms with Gasteiger partial charge < -0.3 is 24.8 Å². The van der Waals surface area contributed by atoms with E-state index >= 15 is 0 Å². The van der Waals surface area contributed by atoms with Crippen LogP contribution in [0, 0.1) is 0 Å². The molecule has 1 aliphatic carbocycles. The molecule has 182 valence electrons. The zero-order valence-corrected chi connectivity index (χ0v) is 19.7. The van der Waals surface area contributed by atoms with Crippen LogP contribution in [0.25, 0.3) is 11.1 Å². The molecule has 0 aromatic heterocycles. The Labute approximate surface area is 207 Å². The molecule has 1 fully saturated rings. The number of fused-ring (bicyclic) bond motifs is 3. The van der Waals surface area contributed by atoms with Crippen molar-refractivity contribution in [2.45, 2.75) is 32.3 Å². The Bertz CT molecular complexity index is 1310. The predicted molar refractivity (Wildman–Crippen MR) is 131 cm³/mol. The number of carbonyl (C=O) groups is 3. The lowest BCUT2D eigenvalue weighted by atomic mass is 10.1. The highest BCUT2D eigenvalue weighted by Crippen LogP contribution is 2.45. The van der Waals surface area contributed by atoms with Crippen LogP contribution in [0.5, 0.6) is 0 Å². The minimum Gasteiger partial charge on any atom is -0.436 e. The van der Waals surface area contributed by atoms with Crippen LogP contribution in [-0.2, 0) is 30.3 Å². The molecule has 0 unspecified atom stereocenters. The minimum atomic E-state index is -1.29. The molecular formula is C28H24N2O6. The standard InChI is InChI=1S/C28H24N2O6/c1-28(2)35-25(31)23(26(32)36-28)16-29-18-13-11-17(12-14-18)15-30-27(33)34-24-21-9-5-3-7-19(21)20-8-4-6-10-22(20)24/h3-14,16,24,29H,15H2,1-2H3,(H,30,33). The monoisotopic (exact) mass is 484 g/mol. The molecule has 3 aromatic carbocycles. The molecule has 2 N–H and O–H groups in total. The van der Waals surface area contributed by atoms with Crippen molar-refractivity contribution in [3.63, 3.8) is 0 Å². The van der Waals surface area contributed by atoms with E-state index in [2.05, 4.69) is 10.6 Å². The lowest BCUT2D eigenvalue weighted by Gasteiger charge is -2.29. The summed E-state index contributed by atoms with van der Waals surface area (Å²) in [6, 6.07) is 23.0. The maximum atomic E-state index is 12.6. The van der Waals surface area contributed by atoms with Gasteiger partial charge in [-0.25, -0.2) is 14.4 Å². The second kappa shape index (κ2) is 9.22. The van der Waals surface area contributed by atoms with Gasteiger partial charge in [-0.2, -0.15) is 0 Å². The third-order valence-corrected chi connectivity index (χ3v) is 5.89. The Kier molecular flexibility index (Phi) is 5.93. The number of anilines is 1. The van der Waals surface area contributed by atoms with Crippen LogP contribution in [0.15, 0.2) is 84.6 Å². The van der Waals surface area contributed by atoms with Gasteiger partial charge >= 0.3 is 18.0 Å². The summed E-state index contributed by atoms with van der Waals surface area (Å²) in [5, 5.41) is 5.68. The Hall–Kier alpha value is -4.59. The number of nitrogens with one attached hydrogen (secondary N) is 2. The minimum absolute atomic E-state index is 0.224. The third-order valence-electron chi connectivity index (χ3n) is 5.89. The number of esters is 2. The summed E-state index contributed by atoms with van der Waals surface area (Å²) in [5.41, 5.74) is 5.33. The van der Waals surface area contributed by atoms with E-state index < -0.39 is 29.9 Å². The number of rotatable bonds is 5. The molecule has 1 saturated heterocycles. The van der Waals surface area contributed by atoms with Gasteiger partial charge in [-0.05, 0) is 28.8 Å². The molecule has 0 atom stereocenters.